The lowest BCUT2D eigenvalue weighted by molar-refractivity contribution is -0.125. The molecule has 0 aromatic rings. The number of rotatable bonds is 4. The van der Waals surface area contributed by atoms with Gasteiger partial charge in [-0.1, -0.05) is 6.42 Å². The van der Waals surface area contributed by atoms with E-state index in [2.05, 4.69) is 0 Å². The number of carbonyl (C=O) groups excluding carboxylic acids is 1. The van der Waals surface area contributed by atoms with Crippen LogP contribution in [0.5, 0.6) is 0 Å². The van der Waals surface area contributed by atoms with Crippen molar-refractivity contribution in [1.29, 1.82) is 0 Å². The summed E-state index contributed by atoms with van der Waals surface area (Å²) in [4.78, 5) is 12.2. The van der Waals surface area contributed by atoms with E-state index in [4.69, 9.17) is 4.74 Å². The van der Waals surface area contributed by atoms with E-state index in [-0.39, 0.29) is 23.1 Å². The number of hydrogen-bond donors (Lipinski definition) is 0. The van der Waals surface area contributed by atoms with Gasteiger partial charge in [-0.3, -0.25) is 4.79 Å². The third kappa shape index (κ3) is 3.54. The van der Waals surface area contributed by atoms with Crippen LogP contribution < -0.4 is 0 Å². The predicted molar refractivity (Wildman–Crippen MR) is 69.2 cm³/mol. The van der Waals surface area contributed by atoms with Crippen molar-refractivity contribution < 1.29 is 17.9 Å². The predicted octanol–water partition coefficient (Wildman–Crippen LogP) is 1.73. The highest BCUT2D eigenvalue weighted by Gasteiger charge is 2.33. The standard InChI is InChI=1S/C13H22O4S/c1-18(15,16)12-6-2-4-10(8-12)13(14)9-11-5-3-7-17-11/h10-12H,2-9H2,1H3. The molecule has 1 saturated heterocycles. The molecule has 2 aliphatic rings. The van der Waals surface area contributed by atoms with Crippen LogP contribution in [-0.4, -0.2) is 38.4 Å². The van der Waals surface area contributed by atoms with Gasteiger partial charge in [0.2, 0.25) is 0 Å². The molecule has 5 heteroatoms. The molecule has 3 atom stereocenters. The van der Waals surface area contributed by atoms with Gasteiger partial charge in [0.05, 0.1) is 11.4 Å². The van der Waals surface area contributed by atoms with Crippen LogP contribution >= 0.6 is 0 Å². The Morgan fingerprint density at radius 2 is 2.00 bits per heavy atom. The van der Waals surface area contributed by atoms with Gasteiger partial charge in [-0.2, -0.15) is 0 Å². The molecule has 0 aromatic carbocycles. The summed E-state index contributed by atoms with van der Waals surface area (Å²) in [5, 5.41) is -0.315. The minimum atomic E-state index is -3.00. The lowest BCUT2D eigenvalue weighted by atomic mass is 9.84. The highest BCUT2D eigenvalue weighted by molar-refractivity contribution is 7.91. The van der Waals surface area contributed by atoms with Crippen molar-refractivity contribution in [1.82, 2.24) is 0 Å². The number of sulfone groups is 1. The van der Waals surface area contributed by atoms with Gasteiger partial charge < -0.3 is 4.74 Å². The SMILES string of the molecule is CS(=O)(=O)C1CCCC(C(=O)CC2CCCO2)C1. The molecule has 0 bridgehead atoms. The van der Waals surface area contributed by atoms with Gasteiger partial charge in [-0.05, 0) is 32.1 Å². The molecule has 1 aliphatic heterocycles. The quantitative estimate of drug-likeness (QED) is 0.783. The molecule has 2 fully saturated rings. The number of Topliss-reactive ketones (excluding diaryl/α,β-unsaturated/α-hetero) is 1. The van der Waals surface area contributed by atoms with Crippen molar-refractivity contribution in [2.45, 2.75) is 56.3 Å². The summed E-state index contributed by atoms with van der Waals surface area (Å²) >= 11 is 0. The Morgan fingerprint density at radius 3 is 2.61 bits per heavy atom. The van der Waals surface area contributed by atoms with Crippen molar-refractivity contribution >= 4 is 15.6 Å². The fourth-order valence-corrected chi connectivity index (χ4v) is 4.20. The van der Waals surface area contributed by atoms with E-state index in [1.165, 1.54) is 6.26 Å². The molecule has 104 valence electrons. The van der Waals surface area contributed by atoms with E-state index >= 15 is 0 Å². The van der Waals surface area contributed by atoms with Crippen LogP contribution in [0, 0.1) is 5.92 Å². The summed E-state index contributed by atoms with van der Waals surface area (Å²) in [6.07, 6.45) is 6.76. The summed E-state index contributed by atoms with van der Waals surface area (Å²) < 4.78 is 28.6. The molecular weight excluding hydrogens is 252 g/mol. The first-order chi connectivity index (χ1) is 8.47. The first-order valence-electron chi connectivity index (χ1n) is 6.80. The van der Waals surface area contributed by atoms with Gasteiger partial charge in [0.25, 0.3) is 0 Å². The van der Waals surface area contributed by atoms with Crippen molar-refractivity contribution in [2.24, 2.45) is 5.92 Å². The molecule has 1 aliphatic carbocycles. The van der Waals surface area contributed by atoms with Crippen molar-refractivity contribution in [2.75, 3.05) is 12.9 Å². The van der Waals surface area contributed by atoms with E-state index in [1.807, 2.05) is 0 Å². The molecule has 3 unspecified atom stereocenters. The zero-order valence-electron chi connectivity index (χ0n) is 10.9. The smallest absolute Gasteiger partial charge is 0.150 e. The minimum absolute atomic E-state index is 0.0670. The third-order valence-electron chi connectivity index (χ3n) is 4.14. The van der Waals surface area contributed by atoms with Gasteiger partial charge in [0.1, 0.15) is 15.6 Å². The number of ether oxygens (including phenoxy) is 1. The van der Waals surface area contributed by atoms with E-state index in [1.54, 1.807) is 0 Å². The lowest BCUT2D eigenvalue weighted by Gasteiger charge is -2.27. The number of hydrogen-bond acceptors (Lipinski definition) is 4. The topological polar surface area (TPSA) is 60.4 Å². The van der Waals surface area contributed by atoms with Crippen LogP contribution in [0.25, 0.3) is 0 Å². The first-order valence-corrected chi connectivity index (χ1v) is 8.75. The van der Waals surface area contributed by atoms with Crippen LogP contribution in [0.4, 0.5) is 0 Å². The monoisotopic (exact) mass is 274 g/mol. The van der Waals surface area contributed by atoms with Gasteiger partial charge in [-0.25, -0.2) is 8.42 Å². The number of ketones is 1. The summed E-state index contributed by atoms with van der Waals surface area (Å²) in [5.41, 5.74) is 0. The van der Waals surface area contributed by atoms with E-state index in [0.717, 1.165) is 32.3 Å². The van der Waals surface area contributed by atoms with E-state index in [9.17, 15) is 13.2 Å². The maximum atomic E-state index is 12.2. The van der Waals surface area contributed by atoms with Crippen molar-refractivity contribution in [3.8, 4) is 0 Å². The average molecular weight is 274 g/mol. The second-order valence-corrected chi connectivity index (χ2v) is 7.95. The normalized spacial score (nSPS) is 33.5. The Hall–Kier alpha value is -0.420. The Labute approximate surface area is 109 Å². The summed E-state index contributed by atoms with van der Waals surface area (Å²) in [6, 6.07) is 0. The van der Waals surface area contributed by atoms with Crippen LogP contribution in [0.1, 0.15) is 44.9 Å². The highest BCUT2D eigenvalue weighted by Crippen LogP contribution is 2.31. The minimum Gasteiger partial charge on any atom is -0.378 e. The second-order valence-electron chi connectivity index (χ2n) is 5.62. The first kappa shape index (κ1) is 14.0. The van der Waals surface area contributed by atoms with Crippen molar-refractivity contribution in [3.05, 3.63) is 0 Å². The molecule has 0 radical (unpaired) electrons. The molecule has 0 N–H and O–H groups in total. The van der Waals surface area contributed by atoms with Crippen LogP contribution in [0.3, 0.4) is 0 Å². The maximum absolute atomic E-state index is 12.2. The molecule has 0 aromatic heterocycles. The zero-order valence-corrected chi connectivity index (χ0v) is 11.7. The molecule has 0 spiro atoms. The Morgan fingerprint density at radius 1 is 1.22 bits per heavy atom. The van der Waals surface area contributed by atoms with Gasteiger partial charge in [-0.15, -0.1) is 0 Å². The van der Waals surface area contributed by atoms with Crippen molar-refractivity contribution in [3.63, 3.8) is 0 Å². The Balaban J connectivity index is 1.89. The fraction of sp³-hybridized carbons (Fsp3) is 0.923. The molecule has 0 amide bonds. The zero-order chi connectivity index (χ0) is 13.2. The van der Waals surface area contributed by atoms with Crippen LogP contribution in [-0.2, 0) is 19.4 Å². The van der Waals surface area contributed by atoms with Gasteiger partial charge in [0.15, 0.2) is 0 Å². The molecule has 4 nitrogen and oxygen atoms in total. The van der Waals surface area contributed by atoms with E-state index in [0.29, 0.717) is 19.3 Å². The third-order valence-corrected chi connectivity index (χ3v) is 5.78. The highest BCUT2D eigenvalue weighted by atomic mass is 32.2. The Bertz CT molecular complexity index is 395. The largest absolute Gasteiger partial charge is 0.378 e. The summed E-state index contributed by atoms with van der Waals surface area (Å²) in [6.45, 7) is 0.759. The molecular formula is C13H22O4S. The van der Waals surface area contributed by atoms with Gasteiger partial charge >= 0.3 is 0 Å². The molecule has 2 rings (SSSR count). The summed E-state index contributed by atoms with van der Waals surface area (Å²) in [7, 11) is -3.00. The fourth-order valence-electron chi connectivity index (χ4n) is 3.02. The second kappa shape index (κ2) is 5.70. The van der Waals surface area contributed by atoms with E-state index < -0.39 is 9.84 Å². The maximum Gasteiger partial charge on any atom is 0.150 e. The molecule has 18 heavy (non-hydrogen) atoms. The Kier molecular flexibility index (Phi) is 4.43. The number of carbonyl (C=O) groups is 1. The van der Waals surface area contributed by atoms with Crippen LogP contribution in [0.15, 0.2) is 0 Å². The molecule has 1 saturated carbocycles. The molecule has 1 heterocycles. The average Bonchev–Trinajstić information content (AvgIpc) is 2.81. The van der Waals surface area contributed by atoms with Gasteiger partial charge in [0, 0.05) is 25.2 Å². The summed E-state index contributed by atoms with van der Waals surface area (Å²) in [5.74, 6) is 0.137. The lowest BCUT2D eigenvalue weighted by Crippen LogP contribution is -2.32. The van der Waals surface area contributed by atoms with Crippen LogP contribution in [0.2, 0.25) is 0 Å².